The van der Waals surface area contributed by atoms with E-state index < -0.39 is 0 Å². The zero-order valence-corrected chi connectivity index (χ0v) is 13.6. The number of carbonyl (C=O) groups is 1. The first-order valence-corrected chi connectivity index (χ1v) is 7.86. The monoisotopic (exact) mass is 293 g/mol. The summed E-state index contributed by atoms with van der Waals surface area (Å²) in [4.78, 5) is 18.9. The maximum atomic E-state index is 12.2. The van der Waals surface area contributed by atoms with Gasteiger partial charge in [0.1, 0.15) is 5.82 Å². The van der Waals surface area contributed by atoms with E-state index in [1.54, 1.807) is 0 Å². The number of piperidine rings is 1. The quantitative estimate of drug-likeness (QED) is 0.886. The average molecular weight is 293 g/mol. The number of H-pyrrole nitrogens is 1. The van der Waals surface area contributed by atoms with Crippen LogP contribution >= 0.6 is 0 Å². The van der Waals surface area contributed by atoms with Crippen molar-refractivity contribution < 1.29 is 4.79 Å². The summed E-state index contributed by atoms with van der Waals surface area (Å²) < 4.78 is 0. The van der Waals surface area contributed by atoms with E-state index in [-0.39, 0.29) is 23.2 Å². The maximum Gasteiger partial charge on any atom is 0.291 e. The van der Waals surface area contributed by atoms with Gasteiger partial charge in [-0.05, 0) is 25.8 Å². The second-order valence-electron chi connectivity index (χ2n) is 6.85. The van der Waals surface area contributed by atoms with Crippen LogP contribution in [0.1, 0.15) is 63.4 Å². The second-order valence-corrected chi connectivity index (χ2v) is 6.85. The van der Waals surface area contributed by atoms with Gasteiger partial charge in [0.2, 0.25) is 5.82 Å². The highest BCUT2D eigenvalue weighted by molar-refractivity contribution is 5.90. The molecule has 1 aliphatic heterocycles. The van der Waals surface area contributed by atoms with E-state index in [4.69, 9.17) is 0 Å². The van der Waals surface area contributed by atoms with Crippen LogP contribution in [0.25, 0.3) is 0 Å². The standard InChI is InChI=1S/C15H27N5O/c1-5-8-20-9-6-11(7-10-20)16-13(21)12-17-14(19-18-12)15(2,3)4/h11H,5-10H2,1-4H3,(H,16,21)(H,17,18,19). The van der Waals surface area contributed by atoms with Crippen LogP contribution in [-0.4, -0.2) is 51.7 Å². The van der Waals surface area contributed by atoms with Gasteiger partial charge in [0.25, 0.3) is 5.91 Å². The highest BCUT2D eigenvalue weighted by Crippen LogP contribution is 2.17. The Kier molecular flexibility index (Phi) is 4.98. The van der Waals surface area contributed by atoms with Crippen LogP contribution in [0.2, 0.25) is 0 Å². The molecule has 0 saturated carbocycles. The van der Waals surface area contributed by atoms with Gasteiger partial charge in [0.15, 0.2) is 0 Å². The highest BCUT2D eigenvalue weighted by atomic mass is 16.2. The van der Waals surface area contributed by atoms with Crippen LogP contribution in [0.3, 0.4) is 0 Å². The van der Waals surface area contributed by atoms with Crippen LogP contribution in [-0.2, 0) is 5.41 Å². The summed E-state index contributed by atoms with van der Waals surface area (Å²) >= 11 is 0. The minimum atomic E-state index is -0.171. The third-order valence-corrected chi connectivity index (χ3v) is 3.86. The summed E-state index contributed by atoms with van der Waals surface area (Å²) in [7, 11) is 0. The first-order chi connectivity index (χ1) is 9.90. The Hall–Kier alpha value is -1.43. The molecule has 0 unspecified atom stereocenters. The summed E-state index contributed by atoms with van der Waals surface area (Å²) in [6.07, 6.45) is 3.19. The van der Waals surface area contributed by atoms with Gasteiger partial charge < -0.3 is 10.2 Å². The van der Waals surface area contributed by atoms with Crippen LogP contribution < -0.4 is 5.32 Å². The number of hydrogen-bond acceptors (Lipinski definition) is 4. The zero-order chi connectivity index (χ0) is 15.5. The summed E-state index contributed by atoms with van der Waals surface area (Å²) in [5.41, 5.74) is -0.128. The van der Waals surface area contributed by atoms with E-state index in [1.165, 1.54) is 6.42 Å². The Morgan fingerprint density at radius 3 is 2.57 bits per heavy atom. The van der Waals surface area contributed by atoms with E-state index in [9.17, 15) is 4.79 Å². The lowest BCUT2D eigenvalue weighted by molar-refractivity contribution is 0.0901. The maximum absolute atomic E-state index is 12.2. The van der Waals surface area contributed by atoms with Gasteiger partial charge in [-0.1, -0.05) is 27.7 Å². The molecule has 1 amide bonds. The number of nitrogens with zero attached hydrogens (tertiary/aromatic N) is 3. The van der Waals surface area contributed by atoms with Gasteiger partial charge in [-0.25, -0.2) is 4.98 Å². The van der Waals surface area contributed by atoms with Gasteiger partial charge in [0, 0.05) is 24.5 Å². The Morgan fingerprint density at radius 2 is 2.05 bits per heavy atom. The fourth-order valence-electron chi connectivity index (χ4n) is 2.57. The summed E-state index contributed by atoms with van der Waals surface area (Å²) in [6.45, 7) is 11.6. The van der Waals surface area contributed by atoms with Crippen LogP contribution in [0, 0.1) is 0 Å². The minimum Gasteiger partial charge on any atom is -0.346 e. The third-order valence-electron chi connectivity index (χ3n) is 3.86. The molecule has 0 aromatic carbocycles. The predicted octanol–water partition coefficient (Wildman–Crippen LogP) is 1.71. The predicted molar refractivity (Wildman–Crippen MR) is 82.3 cm³/mol. The summed E-state index contributed by atoms with van der Waals surface area (Å²) in [6, 6.07) is 0.238. The van der Waals surface area contributed by atoms with Crippen molar-refractivity contribution in [1.82, 2.24) is 25.4 Å². The van der Waals surface area contributed by atoms with E-state index in [0.29, 0.717) is 0 Å². The molecule has 2 heterocycles. The Balaban J connectivity index is 1.86. The number of rotatable bonds is 4. The Labute approximate surface area is 126 Å². The van der Waals surface area contributed by atoms with Crippen LogP contribution in [0.5, 0.6) is 0 Å². The topological polar surface area (TPSA) is 73.9 Å². The van der Waals surface area contributed by atoms with E-state index in [2.05, 4.69) is 32.3 Å². The van der Waals surface area contributed by atoms with Crippen molar-refractivity contribution in [2.75, 3.05) is 19.6 Å². The molecule has 6 heteroatoms. The molecule has 0 bridgehead atoms. The average Bonchev–Trinajstić information content (AvgIpc) is 2.91. The molecule has 0 spiro atoms. The lowest BCUT2D eigenvalue weighted by atomic mass is 9.96. The van der Waals surface area contributed by atoms with Crippen LogP contribution in [0.4, 0.5) is 0 Å². The molecule has 1 saturated heterocycles. The normalized spacial score (nSPS) is 17.9. The summed E-state index contributed by atoms with van der Waals surface area (Å²) in [5, 5.41) is 9.94. The van der Waals surface area contributed by atoms with Crippen molar-refractivity contribution in [1.29, 1.82) is 0 Å². The van der Waals surface area contributed by atoms with Crippen molar-refractivity contribution in [2.24, 2.45) is 0 Å². The SMILES string of the molecule is CCCN1CCC(NC(=O)c2n[nH]c(C(C)(C)C)n2)CC1. The molecule has 0 atom stereocenters. The molecule has 118 valence electrons. The highest BCUT2D eigenvalue weighted by Gasteiger charge is 2.24. The Bertz CT molecular complexity index is 469. The van der Waals surface area contributed by atoms with Gasteiger partial charge in [-0.2, -0.15) is 0 Å². The van der Waals surface area contributed by atoms with Gasteiger partial charge in [-0.3, -0.25) is 9.89 Å². The number of amides is 1. The third kappa shape index (κ3) is 4.27. The first-order valence-electron chi connectivity index (χ1n) is 7.86. The van der Waals surface area contributed by atoms with E-state index in [0.717, 1.165) is 38.3 Å². The van der Waals surface area contributed by atoms with Gasteiger partial charge >= 0.3 is 0 Å². The molecule has 1 aliphatic rings. The number of likely N-dealkylation sites (tertiary alicyclic amines) is 1. The molecule has 1 aromatic heterocycles. The van der Waals surface area contributed by atoms with E-state index >= 15 is 0 Å². The summed E-state index contributed by atoms with van der Waals surface area (Å²) in [5.74, 6) is 0.817. The van der Waals surface area contributed by atoms with Crippen molar-refractivity contribution in [3.8, 4) is 0 Å². The van der Waals surface area contributed by atoms with Crippen LogP contribution in [0.15, 0.2) is 0 Å². The molecule has 1 aromatic rings. The molecular weight excluding hydrogens is 266 g/mol. The molecule has 21 heavy (non-hydrogen) atoms. The number of hydrogen-bond donors (Lipinski definition) is 2. The largest absolute Gasteiger partial charge is 0.346 e. The number of carbonyl (C=O) groups excluding carboxylic acids is 1. The molecular formula is C15H27N5O. The Morgan fingerprint density at radius 1 is 1.38 bits per heavy atom. The zero-order valence-electron chi connectivity index (χ0n) is 13.6. The van der Waals surface area contributed by atoms with Gasteiger partial charge in [-0.15, -0.1) is 5.10 Å². The van der Waals surface area contributed by atoms with E-state index in [1.807, 2.05) is 20.8 Å². The second kappa shape index (κ2) is 6.56. The number of aromatic nitrogens is 3. The molecule has 6 nitrogen and oxygen atoms in total. The van der Waals surface area contributed by atoms with Crippen molar-refractivity contribution in [3.63, 3.8) is 0 Å². The van der Waals surface area contributed by atoms with Crippen molar-refractivity contribution in [2.45, 2.75) is 58.4 Å². The fraction of sp³-hybridized carbons (Fsp3) is 0.800. The number of nitrogens with one attached hydrogen (secondary N) is 2. The molecule has 1 fully saturated rings. The molecule has 2 N–H and O–H groups in total. The van der Waals surface area contributed by atoms with Gasteiger partial charge in [0.05, 0.1) is 0 Å². The minimum absolute atomic E-state index is 0.128. The fourth-order valence-corrected chi connectivity index (χ4v) is 2.57. The molecule has 0 aliphatic carbocycles. The van der Waals surface area contributed by atoms with Crippen molar-refractivity contribution in [3.05, 3.63) is 11.6 Å². The number of aromatic amines is 1. The first kappa shape index (κ1) is 15.9. The molecule has 0 radical (unpaired) electrons. The van der Waals surface area contributed by atoms with Crippen molar-refractivity contribution >= 4 is 5.91 Å². The molecule has 2 rings (SSSR count). The smallest absolute Gasteiger partial charge is 0.291 e. The lowest BCUT2D eigenvalue weighted by Crippen LogP contribution is -2.45. The lowest BCUT2D eigenvalue weighted by Gasteiger charge is -2.31.